The van der Waals surface area contributed by atoms with E-state index in [1.165, 1.54) is 25.7 Å². The van der Waals surface area contributed by atoms with E-state index in [2.05, 4.69) is 26.0 Å². The molecule has 0 saturated heterocycles. The van der Waals surface area contributed by atoms with Gasteiger partial charge in [-0.2, -0.15) is 0 Å². The van der Waals surface area contributed by atoms with Crippen LogP contribution in [0.2, 0.25) is 0 Å². The number of carbonyl (C=O) groups excluding carboxylic acids is 1. The predicted octanol–water partition coefficient (Wildman–Crippen LogP) is 4.37. The summed E-state index contributed by atoms with van der Waals surface area (Å²) in [5, 5.41) is 10.1. The molecule has 4 rings (SSSR count). The second-order valence-electron chi connectivity index (χ2n) is 9.50. The first-order chi connectivity index (χ1) is 10.9. The van der Waals surface area contributed by atoms with Gasteiger partial charge in [0, 0.05) is 5.92 Å². The molecular formula is C21H32O2. The van der Waals surface area contributed by atoms with Crippen LogP contribution in [0.15, 0.2) is 12.2 Å². The zero-order valence-electron chi connectivity index (χ0n) is 14.9. The number of hydrogen-bond acceptors (Lipinski definition) is 2. The Labute approximate surface area is 140 Å². The molecule has 0 unspecified atom stereocenters. The Kier molecular flexibility index (Phi) is 3.58. The highest BCUT2D eigenvalue weighted by molar-refractivity contribution is 5.79. The smallest absolute Gasteiger partial charge is 0.133 e. The SMILES string of the molecule is CC(=O)[C@H]1CC[C@H]2[C@@H]3C=C[C@H]4C[C@H](O)CC[C@]4(C)[C@H]3CC[C@]12C. The normalized spacial score (nSPS) is 55.0. The van der Waals surface area contributed by atoms with Crippen molar-refractivity contribution in [3.8, 4) is 0 Å². The quantitative estimate of drug-likeness (QED) is 0.729. The molecule has 0 heterocycles. The van der Waals surface area contributed by atoms with E-state index in [0.717, 1.165) is 25.2 Å². The molecule has 0 spiro atoms. The number of fused-ring (bicyclic) bond motifs is 5. The van der Waals surface area contributed by atoms with E-state index in [1.807, 2.05) is 0 Å². The summed E-state index contributed by atoms with van der Waals surface area (Å²) in [7, 11) is 0. The van der Waals surface area contributed by atoms with Crippen molar-refractivity contribution < 1.29 is 9.90 Å². The van der Waals surface area contributed by atoms with E-state index in [0.29, 0.717) is 34.9 Å². The van der Waals surface area contributed by atoms with E-state index in [-0.39, 0.29) is 11.5 Å². The van der Waals surface area contributed by atoms with Gasteiger partial charge in [-0.25, -0.2) is 0 Å². The van der Waals surface area contributed by atoms with Gasteiger partial charge in [0.15, 0.2) is 0 Å². The van der Waals surface area contributed by atoms with Gasteiger partial charge in [0.05, 0.1) is 6.10 Å². The Morgan fingerprint density at radius 2 is 1.70 bits per heavy atom. The molecule has 4 aliphatic rings. The number of rotatable bonds is 1. The molecule has 0 aromatic rings. The second-order valence-corrected chi connectivity index (χ2v) is 9.50. The minimum Gasteiger partial charge on any atom is -0.393 e. The maximum atomic E-state index is 12.1. The van der Waals surface area contributed by atoms with Crippen LogP contribution >= 0.6 is 0 Å². The van der Waals surface area contributed by atoms with Gasteiger partial charge in [0.25, 0.3) is 0 Å². The lowest BCUT2D eigenvalue weighted by Gasteiger charge is -2.58. The van der Waals surface area contributed by atoms with Crippen LogP contribution in [0.25, 0.3) is 0 Å². The van der Waals surface area contributed by atoms with Crippen molar-refractivity contribution in [3.05, 3.63) is 12.2 Å². The monoisotopic (exact) mass is 316 g/mol. The third kappa shape index (κ3) is 2.13. The number of Topliss-reactive ketones (excluding diaryl/α,β-unsaturated/α-hetero) is 1. The number of carbonyl (C=O) groups is 1. The Bertz CT molecular complexity index is 538. The molecule has 0 aromatic carbocycles. The topological polar surface area (TPSA) is 37.3 Å². The summed E-state index contributed by atoms with van der Waals surface area (Å²) in [5.41, 5.74) is 0.600. The molecule has 0 amide bonds. The fourth-order valence-corrected chi connectivity index (χ4v) is 7.26. The summed E-state index contributed by atoms with van der Waals surface area (Å²) in [5.74, 6) is 3.37. The van der Waals surface area contributed by atoms with Crippen LogP contribution in [0.1, 0.15) is 65.7 Å². The molecule has 4 aliphatic carbocycles. The van der Waals surface area contributed by atoms with Gasteiger partial charge >= 0.3 is 0 Å². The first kappa shape index (κ1) is 15.9. The molecule has 3 fully saturated rings. The Morgan fingerprint density at radius 3 is 2.43 bits per heavy atom. The van der Waals surface area contributed by atoms with E-state index in [1.54, 1.807) is 6.92 Å². The van der Waals surface area contributed by atoms with Crippen molar-refractivity contribution in [2.24, 2.45) is 40.4 Å². The van der Waals surface area contributed by atoms with Crippen molar-refractivity contribution in [3.63, 3.8) is 0 Å². The molecule has 0 aliphatic heterocycles. The van der Waals surface area contributed by atoms with Crippen LogP contribution in [0.5, 0.6) is 0 Å². The molecule has 0 aromatic heterocycles. The molecule has 0 radical (unpaired) electrons. The predicted molar refractivity (Wildman–Crippen MR) is 91.8 cm³/mol. The van der Waals surface area contributed by atoms with Gasteiger partial charge in [-0.05, 0) is 86.4 Å². The van der Waals surface area contributed by atoms with E-state index in [4.69, 9.17) is 0 Å². The summed E-state index contributed by atoms with van der Waals surface area (Å²) in [6.45, 7) is 6.70. The first-order valence-corrected chi connectivity index (χ1v) is 9.73. The average molecular weight is 316 g/mol. The van der Waals surface area contributed by atoms with Gasteiger partial charge in [-0.15, -0.1) is 0 Å². The molecular weight excluding hydrogens is 284 g/mol. The zero-order valence-corrected chi connectivity index (χ0v) is 14.9. The van der Waals surface area contributed by atoms with Gasteiger partial charge in [-0.3, -0.25) is 4.79 Å². The third-order valence-corrected chi connectivity index (χ3v) is 8.63. The summed E-state index contributed by atoms with van der Waals surface area (Å²) < 4.78 is 0. The van der Waals surface area contributed by atoms with Crippen LogP contribution in [0.3, 0.4) is 0 Å². The lowest BCUT2D eigenvalue weighted by Crippen LogP contribution is -2.52. The lowest BCUT2D eigenvalue weighted by molar-refractivity contribution is -0.128. The fourth-order valence-electron chi connectivity index (χ4n) is 7.26. The Balaban J connectivity index is 1.67. The molecule has 1 N–H and O–H groups in total. The van der Waals surface area contributed by atoms with Crippen molar-refractivity contribution >= 4 is 5.78 Å². The number of hydrogen-bond donors (Lipinski definition) is 1. The minimum atomic E-state index is -0.100. The highest BCUT2D eigenvalue weighted by Crippen LogP contribution is 2.65. The van der Waals surface area contributed by atoms with E-state index in [9.17, 15) is 9.90 Å². The van der Waals surface area contributed by atoms with Gasteiger partial charge in [0.1, 0.15) is 5.78 Å². The number of aliphatic hydroxyl groups excluding tert-OH is 1. The molecule has 128 valence electrons. The molecule has 3 saturated carbocycles. The number of aliphatic hydroxyl groups is 1. The molecule has 2 heteroatoms. The highest BCUT2D eigenvalue weighted by Gasteiger charge is 2.59. The van der Waals surface area contributed by atoms with Crippen LogP contribution in [0.4, 0.5) is 0 Å². The fraction of sp³-hybridized carbons (Fsp3) is 0.857. The number of allylic oxidation sites excluding steroid dienone is 2. The van der Waals surface area contributed by atoms with Crippen molar-refractivity contribution in [2.75, 3.05) is 0 Å². The van der Waals surface area contributed by atoms with Crippen molar-refractivity contribution in [1.82, 2.24) is 0 Å². The summed E-state index contributed by atoms with van der Waals surface area (Å²) in [6, 6.07) is 0. The summed E-state index contributed by atoms with van der Waals surface area (Å²) in [6.07, 6.45) is 12.8. The maximum absolute atomic E-state index is 12.1. The minimum absolute atomic E-state index is 0.100. The van der Waals surface area contributed by atoms with Crippen LogP contribution in [-0.2, 0) is 4.79 Å². The van der Waals surface area contributed by atoms with Gasteiger partial charge < -0.3 is 5.11 Å². The zero-order chi connectivity index (χ0) is 16.4. The van der Waals surface area contributed by atoms with Crippen LogP contribution in [-0.4, -0.2) is 17.0 Å². The summed E-state index contributed by atoms with van der Waals surface area (Å²) >= 11 is 0. The lowest BCUT2D eigenvalue weighted by atomic mass is 9.46. The van der Waals surface area contributed by atoms with Crippen molar-refractivity contribution in [2.45, 2.75) is 71.8 Å². The molecule has 23 heavy (non-hydrogen) atoms. The largest absolute Gasteiger partial charge is 0.393 e. The standard InChI is InChI=1S/C21H32O2/c1-13(22)17-6-7-18-16-5-4-14-12-15(23)8-10-20(14,2)19(16)9-11-21(17,18)3/h4-5,14-19,23H,6-12H2,1-3H3/t14-,15+,16-,17+,18-,19-,20-,21+/m0/s1. The van der Waals surface area contributed by atoms with E-state index >= 15 is 0 Å². The van der Waals surface area contributed by atoms with Gasteiger partial charge in [-0.1, -0.05) is 26.0 Å². The van der Waals surface area contributed by atoms with Crippen LogP contribution < -0.4 is 0 Å². The van der Waals surface area contributed by atoms with Crippen molar-refractivity contribution in [1.29, 1.82) is 0 Å². The first-order valence-electron chi connectivity index (χ1n) is 9.73. The summed E-state index contributed by atoms with van der Waals surface area (Å²) in [4.78, 5) is 12.1. The maximum Gasteiger partial charge on any atom is 0.133 e. The van der Waals surface area contributed by atoms with E-state index < -0.39 is 0 Å². The van der Waals surface area contributed by atoms with Gasteiger partial charge in [0.2, 0.25) is 0 Å². The third-order valence-electron chi connectivity index (χ3n) is 8.63. The number of ketones is 1. The van der Waals surface area contributed by atoms with Crippen LogP contribution in [0, 0.1) is 40.4 Å². The molecule has 8 atom stereocenters. The highest BCUT2D eigenvalue weighted by atomic mass is 16.3. The Morgan fingerprint density at radius 1 is 1.00 bits per heavy atom. The average Bonchev–Trinajstić information content (AvgIpc) is 2.85. The Hall–Kier alpha value is -0.630. The molecule has 0 bridgehead atoms. The molecule has 2 nitrogen and oxygen atoms in total. The second kappa shape index (κ2) is 5.18.